The maximum atomic E-state index is 12.0. The molecule has 24 heavy (non-hydrogen) atoms. The van der Waals surface area contributed by atoms with Crippen LogP contribution in [-0.4, -0.2) is 61.7 Å². The Labute approximate surface area is 139 Å². The number of imidazole rings is 1. The van der Waals surface area contributed by atoms with Gasteiger partial charge in [0.15, 0.2) is 0 Å². The van der Waals surface area contributed by atoms with Crippen molar-refractivity contribution in [2.45, 2.75) is 26.2 Å². The first kappa shape index (κ1) is 16.0. The van der Waals surface area contributed by atoms with Crippen LogP contribution in [0.3, 0.4) is 0 Å². The lowest BCUT2D eigenvalue weighted by Gasteiger charge is -2.29. The fourth-order valence-electron chi connectivity index (χ4n) is 2.65. The first-order valence-corrected chi connectivity index (χ1v) is 7.77. The van der Waals surface area contributed by atoms with Crippen LogP contribution in [0.15, 0.2) is 24.8 Å². The molecular weight excluding hydrogens is 310 g/mol. The molecule has 0 radical (unpaired) electrons. The van der Waals surface area contributed by atoms with E-state index in [0.29, 0.717) is 26.2 Å². The Hall–Kier alpha value is -2.84. The summed E-state index contributed by atoms with van der Waals surface area (Å²) in [5.74, 6) is -0.0941. The summed E-state index contributed by atoms with van der Waals surface area (Å²) in [6.07, 6.45) is 4.98. The fourth-order valence-corrected chi connectivity index (χ4v) is 2.65. The van der Waals surface area contributed by atoms with Gasteiger partial charge in [-0.1, -0.05) is 0 Å². The molecule has 128 valence electrons. The van der Waals surface area contributed by atoms with E-state index >= 15 is 0 Å². The summed E-state index contributed by atoms with van der Waals surface area (Å²) >= 11 is 0. The van der Waals surface area contributed by atoms with Gasteiger partial charge < -0.3 is 19.7 Å². The Morgan fingerprint density at radius 2 is 2.17 bits per heavy atom. The number of rotatable bonds is 4. The lowest BCUT2D eigenvalue weighted by atomic mass is 10.3. The largest absolute Gasteiger partial charge is 0.349 e. The average molecular weight is 331 g/mol. The zero-order chi connectivity index (χ0) is 17.1. The SMILES string of the molecule is CN(C)C(=O)N1CCn2nc(CNC(=O)Cn3ccnc3)cc2C1. The topological polar surface area (TPSA) is 88.3 Å². The zero-order valence-electron chi connectivity index (χ0n) is 13.8. The normalized spacial score (nSPS) is 13.5. The van der Waals surface area contributed by atoms with Crippen LogP contribution in [0.2, 0.25) is 0 Å². The van der Waals surface area contributed by atoms with Crippen LogP contribution in [0.4, 0.5) is 4.79 Å². The molecule has 0 spiro atoms. The van der Waals surface area contributed by atoms with Crippen LogP contribution in [0.25, 0.3) is 0 Å². The van der Waals surface area contributed by atoms with E-state index in [-0.39, 0.29) is 18.5 Å². The van der Waals surface area contributed by atoms with Crippen molar-refractivity contribution >= 4 is 11.9 Å². The van der Waals surface area contributed by atoms with E-state index < -0.39 is 0 Å². The summed E-state index contributed by atoms with van der Waals surface area (Å²) in [7, 11) is 3.49. The number of fused-ring (bicyclic) bond motifs is 1. The van der Waals surface area contributed by atoms with Gasteiger partial charge in [0.2, 0.25) is 5.91 Å². The molecule has 0 saturated carbocycles. The molecule has 0 aliphatic carbocycles. The highest BCUT2D eigenvalue weighted by molar-refractivity contribution is 5.75. The molecule has 1 aliphatic heterocycles. The fraction of sp³-hybridized carbons (Fsp3) is 0.467. The highest BCUT2D eigenvalue weighted by Gasteiger charge is 2.23. The van der Waals surface area contributed by atoms with Crippen LogP contribution in [0.5, 0.6) is 0 Å². The van der Waals surface area contributed by atoms with E-state index in [2.05, 4.69) is 15.4 Å². The number of carbonyl (C=O) groups is 2. The molecule has 2 aromatic rings. The van der Waals surface area contributed by atoms with Gasteiger partial charge in [0.25, 0.3) is 0 Å². The minimum absolute atomic E-state index is 0.00219. The van der Waals surface area contributed by atoms with E-state index in [0.717, 1.165) is 11.4 Å². The first-order chi connectivity index (χ1) is 11.5. The van der Waals surface area contributed by atoms with Crippen LogP contribution in [0.1, 0.15) is 11.4 Å². The van der Waals surface area contributed by atoms with Gasteiger partial charge in [-0.15, -0.1) is 0 Å². The third-order valence-electron chi connectivity index (χ3n) is 3.85. The van der Waals surface area contributed by atoms with E-state index in [9.17, 15) is 9.59 Å². The highest BCUT2D eigenvalue weighted by atomic mass is 16.2. The van der Waals surface area contributed by atoms with Gasteiger partial charge in [0, 0.05) is 33.0 Å². The lowest BCUT2D eigenvalue weighted by molar-refractivity contribution is -0.121. The maximum Gasteiger partial charge on any atom is 0.319 e. The molecule has 3 rings (SSSR count). The van der Waals surface area contributed by atoms with Gasteiger partial charge in [-0.25, -0.2) is 9.78 Å². The van der Waals surface area contributed by atoms with Crippen molar-refractivity contribution in [3.63, 3.8) is 0 Å². The molecule has 1 N–H and O–H groups in total. The quantitative estimate of drug-likeness (QED) is 0.847. The second-order valence-electron chi connectivity index (χ2n) is 5.96. The van der Waals surface area contributed by atoms with Crippen molar-refractivity contribution < 1.29 is 9.59 Å². The minimum atomic E-state index is -0.0941. The summed E-state index contributed by atoms with van der Waals surface area (Å²) in [4.78, 5) is 31.2. The minimum Gasteiger partial charge on any atom is -0.349 e. The van der Waals surface area contributed by atoms with Crippen molar-refractivity contribution in [1.29, 1.82) is 0 Å². The third-order valence-corrected chi connectivity index (χ3v) is 3.85. The van der Waals surface area contributed by atoms with E-state index in [4.69, 9.17) is 0 Å². The van der Waals surface area contributed by atoms with Crippen molar-refractivity contribution in [2.24, 2.45) is 0 Å². The van der Waals surface area contributed by atoms with Crippen molar-refractivity contribution in [3.05, 3.63) is 36.2 Å². The van der Waals surface area contributed by atoms with Crippen molar-refractivity contribution in [2.75, 3.05) is 20.6 Å². The standard InChI is InChI=1S/C15H21N7O2/c1-19(2)15(24)21-5-6-22-13(9-21)7-12(18-22)8-17-14(23)10-20-4-3-16-11-20/h3-4,7,11H,5-6,8-10H2,1-2H3,(H,17,23). The molecule has 1 aliphatic rings. The molecule has 2 aromatic heterocycles. The van der Waals surface area contributed by atoms with Crippen LogP contribution < -0.4 is 5.32 Å². The van der Waals surface area contributed by atoms with Gasteiger partial charge in [0.1, 0.15) is 6.54 Å². The summed E-state index contributed by atoms with van der Waals surface area (Å²) in [6.45, 7) is 2.44. The van der Waals surface area contributed by atoms with Gasteiger partial charge in [-0.2, -0.15) is 5.10 Å². The molecule has 9 heteroatoms. The van der Waals surface area contributed by atoms with Crippen LogP contribution in [-0.2, 0) is 31.0 Å². The molecule has 3 amide bonds. The number of carbonyl (C=O) groups excluding carboxylic acids is 2. The Kier molecular flexibility index (Phi) is 4.50. The zero-order valence-corrected chi connectivity index (χ0v) is 13.8. The summed E-state index contributed by atoms with van der Waals surface area (Å²) in [5.41, 5.74) is 1.78. The Morgan fingerprint density at radius 1 is 1.33 bits per heavy atom. The molecule has 0 bridgehead atoms. The van der Waals surface area contributed by atoms with E-state index in [1.54, 1.807) is 47.2 Å². The van der Waals surface area contributed by atoms with Gasteiger partial charge in [-0.05, 0) is 6.07 Å². The predicted molar refractivity (Wildman–Crippen MR) is 85.8 cm³/mol. The molecule has 0 atom stereocenters. The molecule has 9 nitrogen and oxygen atoms in total. The second kappa shape index (κ2) is 6.73. The van der Waals surface area contributed by atoms with Gasteiger partial charge in [-0.3, -0.25) is 9.48 Å². The predicted octanol–water partition coefficient (Wildman–Crippen LogP) is -0.107. The summed E-state index contributed by atoms with van der Waals surface area (Å²) < 4.78 is 3.61. The first-order valence-electron chi connectivity index (χ1n) is 7.77. The lowest BCUT2D eigenvalue weighted by Crippen LogP contribution is -2.43. The van der Waals surface area contributed by atoms with Gasteiger partial charge >= 0.3 is 6.03 Å². The highest BCUT2D eigenvalue weighted by Crippen LogP contribution is 2.14. The Balaban J connectivity index is 1.56. The number of nitrogens with one attached hydrogen (secondary N) is 1. The second-order valence-corrected chi connectivity index (χ2v) is 5.96. The van der Waals surface area contributed by atoms with Crippen molar-refractivity contribution in [1.82, 2.24) is 34.4 Å². The molecule has 3 heterocycles. The summed E-state index contributed by atoms with van der Waals surface area (Å²) in [6, 6.07) is 1.93. The monoisotopic (exact) mass is 331 g/mol. The van der Waals surface area contributed by atoms with E-state index in [1.807, 2.05) is 10.7 Å². The van der Waals surface area contributed by atoms with E-state index in [1.165, 1.54) is 0 Å². The van der Waals surface area contributed by atoms with Crippen molar-refractivity contribution in [3.8, 4) is 0 Å². The smallest absolute Gasteiger partial charge is 0.319 e. The number of nitrogens with zero attached hydrogens (tertiary/aromatic N) is 6. The summed E-state index contributed by atoms with van der Waals surface area (Å²) in [5, 5.41) is 7.34. The number of urea groups is 1. The molecule has 0 aromatic carbocycles. The molecule has 0 unspecified atom stereocenters. The van der Waals surface area contributed by atoms with Crippen LogP contribution in [0, 0.1) is 0 Å². The number of hydrogen-bond donors (Lipinski definition) is 1. The third kappa shape index (κ3) is 3.55. The van der Waals surface area contributed by atoms with Gasteiger partial charge in [0.05, 0.1) is 37.3 Å². The number of hydrogen-bond acceptors (Lipinski definition) is 4. The number of aromatic nitrogens is 4. The Morgan fingerprint density at radius 3 is 2.88 bits per heavy atom. The van der Waals surface area contributed by atoms with Crippen LogP contribution >= 0.6 is 0 Å². The Bertz CT molecular complexity index is 720. The maximum absolute atomic E-state index is 12.0. The molecule has 0 fully saturated rings. The average Bonchev–Trinajstić information content (AvgIpc) is 3.20. The number of amides is 3. The molecular formula is C15H21N7O2. The molecule has 0 saturated heterocycles.